The van der Waals surface area contributed by atoms with Crippen molar-refractivity contribution in [3.05, 3.63) is 35.4 Å². The lowest BCUT2D eigenvalue weighted by Crippen LogP contribution is -2.33. The molecule has 0 heterocycles. The lowest BCUT2D eigenvalue weighted by molar-refractivity contribution is -0.137. The fourth-order valence-corrected chi connectivity index (χ4v) is 2.71. The van der Waals surface area contributed by atoms with Crippen LogP contribution in [-0.4, -0.2) is 25.0 Å². The fourth-order valence-electron chi connectivity index (χ4n) is 2.71. The number of hydrogen-bond acceptors (Lipinski definition) is 3. The van der Waals surface area contributed by atoms with Gasteiger partial charge >= 0.3 is 12.1 Å². The van der Waals surface area contributed by atoms with Crippen molar-refractivity contribution in [3.8, 4) is 0 Å². The summed E-state index contributed by atoms with van der Waals surface area (Å²) in [6, 6.07) is 3.68. The molecule has 132 valence electrons. The van der Waals surface area contributed by atoms with Gasteiger partial charge in [-0.15, -0.1) is 0 Å². The summed E-state index contributed by atoms with van der Waals surface area (Å²) in [7, 11) is 0. The highest BCUT2D eigenvalue weighted by molar-refractivity contribution is 5.91. The minimum absolute atomic E-state index is 0.0249. The van der Waals surface area contributed by atoms with E-state index in [0.717, 1.165) is 37.1 Å². The number of alkyl halides is 3. The number of carbonyl (C=O) groups excluding carboxylic acids is 2. The van der Waals surface area contributed by atoms with Crippen LogP contribution >= 0.6 is 0 Å². The Labute approximate surface area is 138 Å². The predicted octanol–water partition coefficient (Wildman–Crippen LogP) is 3.56. The summed E-state index contributed by atoms with van der Waals surface area (Å²) in [5.74, 6) is -0.759. The molecule has 1 saturated carbocycles. The molecule has 1 aromatic rings. The topological polar surface area (TPSA) is 55.4 Å². The molecular weight excluding hydrogens is 323 g/mol. The van der Waals surface area contributed by atoms with Gasteiger partial charge in [-0.2, -0.15) is 13.2 Å². The Morgan fingerprint density at radius 1 is 1.08 bits per heavy atom. The Kier molecular flexibility index (Phi) is 6.23. The number of rotatable bonds is 5. The predicted molar refractivity (Wildman–Crippen MR) is 81.3 cm³/mol. The second kappa shape index (κ2) is 8.17. The van der Waals surface area contributed by atoms with Crippen molar-refractivity contribution in [2.24, 2.45) is 5.92 Å². The number of esters is 1. The van der Waals surface area contributed by atoms with E-state index in [1.54, 1.807) is 0 Å². The van der Waals surface area contributed by atoms with Crippen LogP contribution in [0.5, 0.6) is 0 Å². The summed E-state index contributed by atoms with van der Waals surface area (Å²) in [6.45, 7) is 0.128. The summed E-state index contributed by atoms with van der Waals surface area (Å²) in [5, 5.41) is 2.72. The summed E-state index contributed by atoms with van der Waals surface area (Å²) in [5.41, 5.74) is -0.868. The van der Waals surface area contributed by atoms with Crippen molar-refractivity contribution in [3.63, 3.8) is 0 Å². The molecule has 1 amide bonds. The molecule has 0 spiro atoms. The first-order chi connectivity index (χ1) is 11.4. The smallest absolute Gasteiger partial charge is 0.416 e. The van der Waals surface area contributed by atoms with Gasteiger partial charge in [0.25, 0.3) is 5.91 Å². The molecule has 1 aliphatic carbocycles. The highest BCUT2D eigenvalue weighted by Crippen LogP contribution is 2.29. The van der Waals surface area contributed by atoms with Gasteiger partial charge < -0.3 is 10.1 Å². The van der Waals surface area contributed by atoms with Gasteiger partial charge in [0.2, 0.25) is 0 Å². The first-order valence-electron chi connectivity index (χ1n) is 7.97. The Balaban J connectivity index is 1.74. The van der Waals surface area contributed by atoms with Crippen molar-refractivity contribution < 1.29 is 27.5 Å². The van der Waals surface area contributed by atoms with Crippen molar-refractivity contribution in [1.82, 2.24) is 5.32 Å². The van der Waals surface area contributed by atoms with Crippen LogP contribution in [0.15, 0.2) is 24.3 Å². The molecular formula is C17H20F3NO3. The van der Waals surface area contributed by atoms with E-state index in [1.165, 1.54) is 19.3 Å². The Bertz CT molecular complexity index is 563. The van der Waals surface area contributed by atoms with Crippen LogP contribution in [0.1, 0.15) is 48.0 Å². The average molecular weight is 343 g/mol. The van der Waals surface area contributed by atoms with Crippen LogP contribution in [0.2, 0.25) is 0 Å². The standard InChI is InChI=1S/C17H20F3NO3/c18-17(19,20)14-8-6-13(7-9-14)16(23)24-11-15(22)21-10-12-4-2-1-3-5-12/h6-9,12H,1-5,10-11H2,(H,21,22). The minimum Gasteiger partial charge on any atom is -0.452 e. The molecule has 24 heavy (non-hydrogen) atoms. The van der Waals surface area contributed by atoms with E-state index in [-0.39, 0.29) is 5.56 Å². The van der Waals surface area contributed by atoms with E-state index >= 15 is 0 Å². The first kappa shape index (κ1) is 18.3. The van der Waals surface area contributed by atoms with Gasteiger partial charge in [-0.3, -0.25) is 4.79 Å². The third kappa shape index (κ3) is 5.54. The molecule has 2 rings (SSSR count). The minimum atomic E-state index is -4.46. The maximum Gasteiger partial charge on any atom is 0.416 e. The summed E-state index contributed by atoms with van der Waals surface area (Å²) >= 11 is 0. The Morgan fingerprint density at radius 2 is 1.71 bits per heavy atom. The largest absolute Gasteiger partial charge is 0.452 e. The lowest BCUT2D eigenvalue weighted by atomic mass is 9.89. The zero-order valence-electron chi connectivity index (χ0n) is 13.2. The van der Waals surface area contributed by atoms with Crippen molar-refractivity contribution >= 4 is 11.9 Å². The zero-order valence-corrected chi connectivity index (χ0v) is 13.2. The molecule has 0 aromatic heterocycles. The number of nitrogens with one attached hydrogen (secondary N) is 1. The molecule has 0 atom stereocenters. The van der Waals surface area contributed by atoms with Gasteiger partial charge in [0.1, 0.15) is 0 Å². The van der Waals surface area contributed by atoms with E-state index < -0.39 is 30.2 Å². The molecule has 1 aromatic carbocycles. The summed E-state index contributed by atoms with van der Waals surface area (Å²) in [6.07, 6.45) is 1.29. The third-order valence-corrected chi connectivity index (χ3v) is 4.09. The maximum absolute atomic E-state index is 12.4. The van der Waals surface area contributed by atoms with Crippen LogP contribution in [0.3, 0.4) is 0 Å². The highest BCUT2D eigenvalue weighted by Gasteiger charge is 2.30. The molecule has 4 nitrogen and oxygen atoms in total. The van der Waals surface area contributed by atoms with Crippen molar-refractivity contribution in [2.75, 3.05) is 13.2 Å². The van der Waals surface area contributed by atoms with Crippen molar-refractivity contribution in [2.45, 2.75) is 38.3 Å². The first-order valence-corrected chi connectivity index (χ1v) is 7.97. The van der Waals surface area contributed by atoms with Crippen LogP contribution < -0.4 is 5.32 Å². The maximum atomic E-state index is 12.4. The number of ether oxygens (including phenoxy) is 1. The highest BCUT2D eigenvalue weighted by atomic mass is 19.4. The second-order valence-corrected chi connectivity index (χ2v) is 5.96. The van der Waals surface area contributed by atoms with Gasteiger partial charge in [0.15, 0.2) is 6.61 Å². The zero-order chi connectivity index (χ0) is 17.6. The molecule has 0 unspecified atom stereocenters. The molecule has 0 saturated heterocycles. The van der Waals surface area contributed by atoms with Crippen LogP contribution in [0.4, 0.5) is 13.2 Å². The molecule has 7 heteroatoms. The van der Waals surface area contributed by atoms with E-state index in [9.17, 15) is 22.8 Å². The van der Waals surface area contributed by atoms with E-state index in [1.807, 2.05) is 0 Å². The number of amides is 1. The number of carbonyl (C=O) groups is 2. The van der Waals surface area contributed by atoms with E-state index in [4.69, 9.17) is 4.74 Å². The molecule has 1 N–H and O–H groups in total. The van der Waals surface area contributed by atoms with Crippen molar-refractivity contribution in [1.29, 1.82) is 0 Å². The average Bonchev–Trinajstić information content (AvgIpc) is 2.58. The van der Waals surface area contributed by atoms with Crippen LogP contribution in [0, 0.1) is 5.92 Å². The van der Waals surface area contributed by atoms with E-state index in [2.05, 4.69) is 5.32 Å². The fraction of sp³-hybridized carbons (Fsp3) is 0.529. The van der Waals surface area contributed by atoms with Gasteiger partial charge in [-0.1, -0.05) is 19.3 Å². The summed E-state index contributed by atoms with van der Waals surface area (Å²) < 4.78 is 42.2. The van der Waals surface area contributed by atoms with Crippen LogP contribution in [-0.2, 0) is 15.7 Å². The molecule has 0 radical (unpaired) electrons. The lowest BCUT2D eigenvalue weighted by Gasteiger charge is -2.21. The molecule has 1 aliphatic rings. The van der Waals surface area contributed by atoms with Gasteiger partial charge in [0, 0.05) is 6.54 Å². The molecule has 0 aliphatic heterocycles. The Hall–Kier alpha value is -2.05. The normalized spacial score (nSPS) is 15.8. The summed E-state index contributed by atoms with van der Waals surface area (Å²) in [4.78, 5) is 23.4. The second-order valence-electron chi connectivity index (χ2n) is 5.96. The number of benzene rings is 1. The number of halogens is 3. The molecule has 0 bridgehead atoms. The monoisotopic (exact) mass is 343 g/mol. The third-order valence-electron chi connectivity index (χ3n) is 4.09. The van der Waals surface area contributed by atoms with Gasteiger partial charge in [-0.25, -0.2) is 4.79 Å². The quantitative estimate of drug-likeness (QED) is 0.832. The van der Waals surface area contributed by atoms with Gasteiger partial charge in [0.05, 0.1) is 11.1 Å². The van der Waals surface area contributed by atoms with E-state index in [0.29, 0.717) is 12.5 Å². The SMILES string of the molecule is O=C(COC(=O)c1ccc(C(F)(F)F)cc1)NCC1CCCCC1. The van der Waals surface area contributed by atoms with Crippen LogP contribution in [0.25, 0.3) is 0 Å². The Morgan fingerprint density at radius 3 is 2.29 bits per heavy atom. The van der Waals surface area contributed by atoms with Gasteiger partial charge in [-0.05, 0) is 43.0 Å². The molecule has 1 fully saturated rings. The number of hydrogen-bond donors (Lipinski definition) is 1.